The third kappa shape index (κ3) is 2.74. The van der Waals surface area contributed by atoms with Crippen LogP contribution < -0.4 is 0 Å². The largest absolute Gasteiger partial charge is 0.542 e. The standard InChI is InChI=1S/C9H16O2Si/c1-8(11-12(2,3)4)9-6-5-7-10-9/h6H,1,5,7H2,2-4H3. The minimum Gasteiger partial charge on any atom is -0.542 e. The van der Waals surface area contributed by atoms with Crippen LogP contribution in [0.15, 0.2) is 24.2 Å². The van der Waals surface area contributed by atoms with Crippen molar-refractivity contribution in [2.45, 2.75) is 26.1 Å². The Kier molecular flexibility index (Phi) is 2.62. The molecule has 0 unspecified atom stereocenters. The van der Waals surface area contributed by atoms with Crippen LogP contribution in [0.5, 0.6) is 0 Å². The molecule has 0 aromatic heterocycles. The molecule has 0 bridgehead atoms. The van der Waals surface area contributed by atoms with Crippen LogP contribution in [0.2, 0.25) is 19.6 Å². The van der Waals surface area contributed by atoms with Crippen molar-refractivity contribution >= 4 is 8.32 Å². The van der Waals surface area contributed by atoms with Crippen LogP contribution in [0, 0.1) is 0 Å². The summed E-state index contributed by atoms with van der Waals surface area (Å²) >= 11 is 0. The Morgan fingerprint density at radius 1 is 1.58 bits per heavy atom. The van der Waals surface area contributed by atoms with Gasteiger partial charge in [-0.05, 0) is 25.7 Å². The van der Waals surface area contributed by atoms with Crippen molar-refractivity contribution in [1.29, 1.82) is 0 Å². The van der Waals surface area contributed by atoms with E-state index in [9.17, 15) is 0 Å². The zero-order chi connectivity index (χ0) is 9.19. The molecule has 0 aromatic carbocycles. The van der Waals surface area contributed by atoms with Crippen molar-refractivity contribution < 1.29 is 9.16 Å². The van der Waals surface area contributed by atoms with Crippen LogP contribution >= 0.6 is 0 Å². The molecule has 0 atom stereocenters. The summed E-state index contributed by atoms with van der Waals surface area (Å²) in [6.45, 7) is 11.0. The Morgan fingerprint density at radius 2 is 2.25 bits per heavy atom. The second kappa shape index (κ2) is 3.35. The number of ether oxygens (including phenoxy) is 1. The molecule has 0 amide bonds. The first kappa shape index (κ1) is 9.39. The highest BCUT2D eigenvalue weighted by Gasteiger charge is 2.20. The van der Waals surface area contributed by atoms with Crippen molar-refractivity contribution in [2.75, 3.05) is 6.61 Å². The zero-order valence-corrected chi connectivity index (χ0v) is 9.02. The van der Waals surface area contributed by atoms with Crippen LogP contribution in [0.4, 0.5) is 0 Å². The summed E-state index contributed by atoms with van der Waals surface area (Å²) in [5.74, 6) is 1.53. The molecular weight excluding hydrogens is 168 g/mol. The fourth-order valence-corrected chi connectivity index (χ4v) is 1.87. The van der Waals surface area contributed by atoms with Crippen LogP contribution in [-0.2, 0) is 9.16 Å². The third-order valence-electron chi connectivity index (χ3n) is 1.41. The molecule has 68 valence electrons. The molecule has 12 heavy (non-hydrogen) atoms. The average molecular weight is 184 g/mol. The van der Waals surface area contributed by atoms with Crippen molar-refractivity contribution in [3.8, 4) is 0 Å². The van der Waals surface area contributed by atoms with Crippen LogP contribution in [0.3, 0.4) is 0 Å². The Labute approximate surface area is 75.0 Å². The summed E-state index contributed by atoms with van der Waals surface area (Å²) in [7, 11) is -1.51. The molecule has 0 aliphatic carbocycles. The Hall–Kier alpha value is -0.703. The minimum atomic E-state index is -1.51. The van der Waals surface area contributed by atoms with Gasteiger partial charge >= 0.3 is 0 Å². The maximum atomic E-state index is 5.67. The van der Waals surface area contributed by atoms with Gasteiger partial charge in [-0.15, -0.1) is 0 Å². The molecule has 0 saturated heterocycles. The maximum absolute atomic E-state index is 5.67. The van der Waals surface area contributed by atoms with Gasteiger partial charge in [-0.1, -0.05) is 6.58 Å². The zero-order valence-electron chi connectivity index (χ0n) is 8.02. The molecule has 3 heteroatoms. The van der Waals surface area contributed by atoms with Gasteiger partial charge in [0, 0.05) is 6.42 Å². The van der Waals surface area contributed by atoms with E-state index >= 15 is 0 Å². The molecule has 2 nitrogen and oxygen atoms in total. The molecule has 0 radical (unpaired) electrons. The van der Waals surface area contributed by atoms with Gasteiger partial charge in [0.25, 0.3) is 0 Å². The molecule has 0 saturated carbocycles. The highest BCUT2D eigenvalue weighted by atomic mass is 28.4. The van der Waals surface area contributed by atoms with Crippen LogP contribution in [0.1, 0.15) is 6.42 Å². The lowest BCUT2D eigenvalue weighted by atomic mass is 10.4. The van der Waals surface area contributed by atoms with Gasteiger partial charge in [0.1, 0.15) is 5.76 Å². The smallest absolute Gasteiger partial charge is 0.242 e. The van der Waals surface area contributed by atoms with Gasteiger partial charge in [-0.25, -0.2) is 0 Å². The van der Waals surface area contributed by atoms with Crippen LogP contribution in [-0.4, -0.2) is 14.9 Å². The second-order valence-electron chi connectivity index (χ2n) is 3.84. The van der Waals surface area contributed by atoms with Gasteiger partial charge < -0.3 is 9.16 Å². The average Bonchev–Trinajstić information content (AvgIpc) is 2.32. The lowest BCUT2D eigenvalue weighted by Crippen LogP contribution is -2.25. The SMILES string of the molecule is C=C(O[Si](C)(C)C)C1=CCCO1. The van der Waals surface area contributed by atoms with Gasteiger partial charge in [-0.2, -0.15) is 0 Å². The van der Waals surface area contributed by atoms with E-state index in [-0.39, 0.29) is 0 Å². The summed E-state index contributed by atoms with van der Waals surface area (Å²) in [5, 5.41) is 0. The Morgan fingerprint density at radius 3 is 2.67 bits per heavy atom. The van der Waals surface area contributed by atoms with Crippen LogP contribution in [0.25, 0.3) is 0 Å². The number of rotatable bonds is 3. The summed E-state index contributed by atoms with van der Waals surface area (Å²) in [4.78, 5) is 0. The van der Waals surface area contributed by atoms with Crippen molar-refractivity contribution in [1.82, 2.24) is 0 Å². The van der Waals surface area contributed by atoms with E-state index < -0.39 is 8.32 Å². The van der Waals surface area contributed by atoms with E-state index in [0.717, 1.165) is 18.8 Å². The first-order valence-corrected chi connectivity index (χ1v) is 7.61. The summed E-state index contributed by atoms with van der Waals surface area (Å²) < 4.78 is 11.0. The normalized spacial score (nSPS) is 16.8. The van der Waals surface area contributed by atoms with E-state index in [4.69, 9.17) is 9.16 Å². The number of hydrogen-bond acceptors (Lipinski definition) is 2. The molecule has 0 fully saturated rings. The molecular formula is C9H16O2Si. The summed E-state index contributed by atoms with van der Waals surface area (Å²) in [5.41, 5.74) is 0. The molecule has 0 spiro atoms. The van der Waals surface area contributed by atoms with Gasteiger partial charge in [0.15, 0.2) is 5.76 Å². The molecule has 1 aliphatic heterocycles. The predicted molar refractivity (Wildman–Crippen MR) is 52.2 cm³/mol. The van der Waals surface area contributed by atoms with Crippen molar-refractivity contribution in [3.63, 3.8) is 0 Å². The molecule has 1 aliphatic rings. The quantitative estimate of drug-likeness (QED) is 0.496. The fourth-order valence-electron chi connectivity index (χ4n) is 1.03. The molecule has 0 aromatic rings. The monoisotopic (exact) mass is 184 g/mol. The first-order valence-electron chi connectivity index (χ1n) is 4.20. The van der Waals surface area contributed by atoms with Crippen molar-refractivity contribution in [3.05, 3.63) is 24.2 Å². The molecule has 1 heterocycles. The summed E-state index contributed by atoms with van der Waals surface area (Å²) in [6.07, 6.45) is 3.01. The highest BCUT2D eigenvalue weighted by molar-refractivity contribution is 6.70. The minimum absolute atomic E-state index is 0.701. The highest BCUT2D eigenvalue weighted by Crippen LogP contribution is 2.21. The lowest BCUT2D eigenvalue weighted by Gasteiger charge is -2.21. The topological polar surface area (TPSA) is 18.5 Å². The van der Waals surface area contributed by atoms with Gasteiger partial charge in [0.05, 0.1) is 6.61 Å². The van der Waals surface area contributed by atoms with E-state index in [1.807, 2.05) is 6.08 Å². The van der Waals surface area contributed by atoms with E-state index in [0.29, 0.717) is 5.76 Å². The fraction of sp³-hybridized carbons (Fsp3) is 0.556. The van der Waals surface area contributed by atoms with E-state index in [2.05, 4.69) is 26.2 Å². The van der Waals surface area contributed by atoms with Gasteiger partial charge in [-0.3, -0.25) is 0 Å². The Balaban J connectivity index is 2.49. The predicted octanol–water partition coefficient (Wildman–Crippen LogP) is 2.66. The van der Waals surface area contributed by atoms with Crippen molar-refractivity contribution in [2.24, 2.45) is 0 Å². The summed E-state index contributed by atoms with van der Waals surface area (Å²) in [6, 6.07) is 0. The third-order valence-corrected chi connectivity index (χ3v) is 2.27. The molecule has 1 rings (SSSR count). The number of hydrogen-bond donors (Lipinski definition) is 0. The van der Waals surface area contributed by atoms with Gasteiger partial charge in [0.2, 0.25) is 8.32 Å². The van der Waals surface area contributed by atoms with E-state index in [1.165, 1.54) is 0 Å². The Bertz CT molecular complexity index is 213. The lowest BCUT2D eigenvalue weighted by molar-refractivity contribution is 0.226. The van der Waals surface area contributed by atoms with E-state index in [1.54, 1.807) is 0 Å². The second-order valence-corrected chi connectivity index (χ2v) is 8.27. The first-order chi connectivity index (χ1) is 5.49. The maximum Gasteiger partial charge on any atom is 0.242 e. The molecule has 0 N–H and O–H groups in total.